The highest BCUT2D eigenvalue weighted by Gasteiger charge is 2.29. The Morgan fingerprint density at radius 3 is 2.83 bits per heavy atom. The number of carbonyl (C=O) groups excluding carboxylic acids is 1. The van der Waals surface area contributed by atoms with Gasteiger partial charge >= 0.3 is 0 Å². The standard InChI is InChI=1S/C18H23N5O/c1-13-8-11-22(17-5-3-2-4-15(13)17)18(24)16-12-23(21-20-16)14-6-9-19-10-7-14/h2-5,12-14,19H,6-11H2,1H3. The van der Waals surface area contributed by atoms with Crippen LogP contribution in [0.1, 0.15) is 54.2 Å². The average Bonchev–Trinajstić information content (AvgIpc) is 3.13. The average molecular weight is 325 g/mol. The van der Waals surface area contributed by atoms with E-state index in [9.17, 15) is 4.79 Å². The molecule has 2 aliphatic rings. The van der Waals surface area contributed by atoms with Crippen molar-refractivity contribution in [3.8, 4) is 0 Å². The van der Waals surface area contributed by atoms with Crippen LogP contribution in [0.25, 0.3) is 0 Å². The van der Waals surface area contributed by atoms with E-state index in [1.807, 2.05) is 34.0 Å². The summed E-state index contributed by atoms with van der Waals surface area (Å²) in [5.74, 6) is 0.435. The number of fused-ring (bicyclic) bond motifs is 1. The normalized spacial score (nSPS) is 21.5. The lowest BCUT2D eigenvalue weighted by Crippen LogP contribution is -2.36. The molecule has 3 heterocycles. The number of rotatable bonds is 2. The molecule has 0 saturated carbocycles. The molecule has 1 fully saturated rings. The van der Waals surface area contributed by atoms with Crippen LogP contribution in [0.2, 0.25) is 0 Å². The van der Waals surface area contributed by atoms with Crippen molar-refractivity contribution in [3.63, 3.8) is 0 Å². The van der Waals surface area contributed by atoms with Crippen molar-refractivity contribution in [3.05, 3.63) is 41.7 Å². The van der Waals surface area contributed by atoms with Gasteiger partial charge in [-0.3, -0.25) is 4.79 Å². The number of carbonyl (C=O) groups is 1. The molecule has 1 aromatic carbocycles. The second-order valence-electron chi connectivity index (χ2n) is 6.77. The van der Waals surface area contributed by atoms with Gasteiger partial charge in [0.05, 0.1) is 12.2 Å². The third-order valence-corrected chi connectivity index (χ3v) is 5.20. The maximum absolute atomic E-state index is 13.0. The van der Waals surface area contributed by atoms with Crippen LogP contribution < -0.4 is 10.2 Å². The Labute approximate surface area is 141 Å². The van der Waals surface area contributed by atoms with E-state index in [2.05, 4.69) is 28.6 Å². The number of piperidine rings is 1. The van der Waals surface area contributed by atoms with E-state index in [1.54, 1.807) is 0 Å². The minimum atomic E-state index is -0.0467. The fourth-order valence-electron chi connectivity index (χ4n) is 3.72. The van der Waals surface area contributed by atoms with Crippen LogP contribution in [-0.2, 0) is 0 Å². The summed E-state index contributed by atoms with van der Waals surface area (Å²) in [6, 6.07) is 8.51. The highest BCUT2D eigenvalue weighted by atomic mass is 16.2. The van der Waals surface area contributed by atoms with E-state index >= 15 is 0 Å². The third kappa shape index (κ3) is 2.71. The lowest BCUT2D eigenvalue weighted by atomic mass is 9.91. The molecule has 1 unspecified atom stereocenters. The van der Waals surface area contributed by atoms with Crippen LogP contribution in [-0.4, -0.2) is 40.5 Å². The first-order valence-electron chi connectivity index (χ1n) is 8.77. The number of nitrogens with one attached hydrogen (secondary N) is 1. The number of benzene rings is 1. The molecule has 6 nitrogen and oxygen atoms in total. The van der Waals surface area contributed by atoms with Crippen molar-refractivity contribution < 1.29 is 4.79 Å². The Morgan fingerprint density at radius 2 is 2.00 bits per heavy atom. The quantitative estimate of drug-likeness (QED) is 0.921. The van der Waals surface area contributed by atoms with Gasteiger partial charge in [-0.2, -0.15) is 0 Å². The Hall–Kier alpha value is -2.21. The van der Waals surface area contributed by atoms with Crippen molar-refractivity contribution in [2.45, 2.75) is 38.1 Å². The summed E-state index contributed by atoms with van der Waals surface area (Å²) in [4.78, 5) is 14.8. The largest absolute Gasteiger partial charge is 0.317 e. The number of hydrogen-bond donors (Lipinski definition) is 1. The molecular formula is C18H23N5O. The maximum atomic E-state index is 13.0. The molecule has 126 valence electrons. The van der Waals surface area contributed by atoms with Gasteiger partial charge in [0, 0.05) is 12.2 Å². The maximum Gasteiger partial charge on any atom is 0.280 e. The van der Waals surface area contributed by atoms with Crippen molar-refractivity contribution in [2.75, 3.05) is 24.5 Å². The topological polar surface area (TPSA) is 63.1 Å². The third-order valence-electron chi connectivity index (χ3n) is 5.20. The molecule has 1 N–H and O–H groups in total. The zero-order chi connectivity index (χ0) is 16.5. The predicted molar refractivity (Wildman–Crippen MR) is 92.3 cm³/mol. The summed E-state index contributed by atoms with van der Waals surface area (Å²) in [5.41, 5.74) is 2.69. The molecule has 4 rings (SSSR count). The van der Waals surface area contributed by atoms with Gasteiger partial charge in [-0.1, -0.05) is 30.3 Å². The Kier molecular flexibility index (Phi) is 4.06. The molecule has 0 aliphatic carbocycles. The molecule has 1 amide bonds. The van der Waals surface area contributed by atoms with Crippen molar-refractivity contribution in [2.24, 2.45) is 0 Å². The summed E-state index contributed by atoms with van der Waals surface area (Å²) < 4.78 is 1.87. The number of nitrogens with zero attached hydrogens (tertiary/aromatic N) is 4. The molecule has 24 heavy (non-hydrogen) atoms. The number of hydrogen-bond acceptors (Lipinski definition) is 4. The van der Waals surface area contributed by atoms with E-state index in [-0.39, 0.29) is 5.91 Å². The lowest BCUT2D eigenvalue weighted by molar-refractivity contribution is 0.0979. The molecule has 2 aromatic rings. The lowest BCUT2D eigenvalue weighted by Gasteiger charge is -2.32. The van der Waals surface area contributed by atoms with Crippen LogP contribution in [0.4, 0.5) is 5.69 Å². The summed E-state index contributed by atoms with van der Waals surface area (Å²) in [6.45, 7) is 4.93. The zero-order valence-corrected chi connectivity index (χ0v) is 14.0. The number of anilines is 1. The molecule has 1 atom stereocenters. The number of aromatic nitrogens is 3. The van der Waals surface area contributed by atoms with Gasteiger partial charge in [0.15, 0.2) is 5.69 Å². The first kappa shape index (κ1) is 15.3. The van der Waals surface area contributed by atoms with Gasteiger partial charge in [0.1, 0.15) is 0 Å². The number of amides is 1. The molecule has 1 saturated heterocycles. The predicted octanol–water partition coefficient (Wildman–Crippen LogP) is 2.36. The molecule has 0 bridgehead atoms. The highest BCUT2D eigenvalue weighted by molar-refractivity contribution is 6.05. The van der Waals surface area contributed by atoms with E-state index in [4.69, 9.17) is 0 Å². The van der Waals surface area contributed by atoms with Gasteiger partial charge in [-0.15, -0.1) is 5.10 Å². The van der Waals surface area contributed by atoms with Gasteiger partial charge in [0.25, 0.3) is 5.91 Å². The first-order valence-corrected chi connectivity index (χ1v) is 8.77. The van der Waals surface area contributed by atoms with Crippen LogP contribution in [0.5, 0.6) is 0 Å². The molecule has 1 aromatic heterocycles. The van der Waals surface area contributed by atoms with E-state index in [0.29, 0.717) is 17.7 Å². The molecule has 2 aliphatic heterocycles. The smallest absolute Gasteiger partial charge is 0.280 e. The summed E-state index contributed by atoms with van der Waals surface area (Å²) in [6.07, 6.45) is 4.85. The minimum absolute atomic E-state index is 0.0467. The fourth-order valence-corrected chi connectivity index (χ4v) is 3.72. The van der Waals surface area contributed by atoms with Crippen LogP contribution in [0, 0.1) is 0 Å². The van der Waals surface area contributed by atoms with Gasteiger partial charge in [0.2, 0.25) is 0 Å². The summed E-state index contributed by atoms with van der Waals surface area (Å²) in [7, 11) is 0. The molecule has 0 spiro atoms. The van der Waals surface area contributed by atoms with Crippen molar-refractivity contribution in [1.82, 2.24) is 20.3 Å². The van der Waals surface area contributed by atoms with Crippen molar-refractivity contribution >= 4 is 11.6 Å². The molecular weight excluding hydrogens is 302 g/mol. The van der Waals surface area contributed by atoms with Crippen LogP contribution in [0.3, 0.4) is 0 Å². The van der Waals surface area contributed by atoms with Crippen LogP contribution in [0.15, 0.2) is 30.5 Å². The minimum Gasteiger partial charge on any atom is -0.317 e. The SMILES string of the molecule is CC1CCN(C(=O)c2cn(C3CCNCC3)nn2)c2ccccc21. The Bertz CT molecular complexity index is 735. The fraction of sp³-hybridized carbons (Fsp3) is 0.500. The molecule has 0 radical (unpaired) electrons. The Balaban J connectivity index is 1.58. The zero-order valence-electron chi connectivity index (χ0n) is 14.0. The monoisotopic (exact) mass is 325 g/mol. The number of para-hydroxylation sites is 1. The van der Waals surface area contributed by atoms with Gasteiger partial charge in [-0.25, -0.2) is 4.68 Å². The highest BCUT2D eigenvalue weighted by Crippen LogP contribution is 2.35. The second-order valence-corrected chi connectivity index (χ2v) is 6.77. The second kappa shape index (κ2) is 6.36. The first-order chi connectivity index (χ1) is 11.7. The summed E-state index contributed by atoms with van der Waals surface area (Å²) >= 11 is 0. The van der Waals surface area contributed by atoms with Gasteiger partial charge < -0.3 is 10.2 Å². The molecule has 6 heteroatoms. The van der Waals surface area contributed by atoms with E-state index in [1.165, 1.54) is 5.56 Å². The van der Waals surface area contributed by atoms with Crippen LogP contribution >= 0.6 is 0 Å². The summed E-state index contributed by atoms with van der Waals surface area (Å²) in [5, 5.41) is 11.7. The van der Waals surface area contributed by atoms with Gasteiger partial charge in [-0.05, 0) is 49.9 Å². The van der Waals surface area contributed by atoms with Crippen molar-refractivity contribution in [1.29, 1.82) is 0 Å². The van der Waals surface area contributed by atoms with E-state index < -0.39 is 0 Å². The Morgan fingerprint density at radius 1 is 1.21 bits per heavy atom. The van der Waals surface area contributed by atoms with E-state index in [0.717, 1.165) is 44.6 Å².